The summed E-state index contributed by atoms with van der Waals surface area (Å²) in [7, 11) is 0. The topological polar surface area (TPSA) is 81.0 Å². The molecule has 0 saturated heterocycles. The van der Waals surface area contributed by atoms with E-state index in [0.29, 0.717) is 12.3 Å². The van der Waals surface area contributed by atoms with Gasteiger partial charge in [0.1, 0.15) is 17.8 Å². The number of ether oxygens (including phenoxy) is 2. The lowest BCUT2D eigenvalue weighted by Gasteiger charge is -2.18. The van der Waals surface area contributed by atoms with Gasteiger partial charge in [-0.1, -0.05) is 18.2 Å². The molecule has 0 unspecified atom stereocenters. The van der Waals surface area contributed by atoms with Crippen molar-refractivity contribution >= 4 is 17.3 Å². The Morgan fingerprint density at radius 3 is 2.61 bits per heavy atom. The van der Waals surface area contributed by atoms with Gasteiger partial charge in [-0.25, -0.2) is 0 Å². The SMILES string of the molecule is O=C(COc1coc(CN2CCc3ccccc32)cc1=O)Nc1ccc(OC(F)(F)F)cc1. The molecule has 3 aromatic rings. The van der Waals surface area contributed by atoms with Gasteiger partial charge in [-0.3, -0.25) is 9.59 Å². The summed E-state index contributed by atoms with van der Waals surface area (Å²) in [5.41, 5.74) is 2.17. The summed E-state index contributed by atoms with van der Waals surface area (Å²) in [5, 5.41) is 2.45. The Balaban J connectivity index is 1.30. The van der Waals surface area contributed by atoms with E-state index in [1.165, 1.54) is 23.8 Å². The number of nitrogens with zero attached hydrogens (tertiary/aromatic N) is 1. The largest absolute Gasteiger partial charge is 0.573 e. The Hall–Kier alpha value is -3.95. The van der Waals surface area contributed by atoms with Crippen molar-refractivity contribution < 1.29 is 31.9 Å². The van der Waals surface area contributed by atoms with Crippen molar-refractivity contribution in [1.82, 2.24) is 0 Å². The molecule has 0 spiro atoms. The van der Waals surface area contributed by atoms with Crippen LogP contribution in [0.4, 0.5) is 24.5 Å². The lowest BCUT2D eigenvalue weighted by atomic mass is 10.2. The molecule has 1 aliphatic rings. The van der Waals surface area contributed by atoms with Crippen molar-refractivity contribution in [2.45, 2.75) is 19.3 Å². The lowest BCUT2D eigenvalue weighted by Crippen LogP contribution is -2.23. The number of amides is 1. The van der Waals surface area contributed by atoms with Crippen molar-refractivity contribution in [3.8, 4) is 11.5 Å². The molecule has 1 aliphatic heterocycles. The number of benzene rings is 2. The van der Waals surface area contributed by atoms with E-state index in [9.17, 15) is 22.8 Å². The number of rotatable bonds is 7. The molecule has 7 nitrogen and oxygen atoms in total. The number of para-hydroxylation sites is 1. The molecule has 1 aromatic heterocycles. The van der Waals surface area contributed by atoms with Crippen LogP contribution >= 0.6 is 0 Å². The first kappa shape index (κ1) is 22.3. The number of carbonyl (C=O) groups excluding carboxylic acids is 1. The first-order valence-corrected chi connectivity index (χ1v) is 10.00. The highest BCUT2D eigenvalue weighted by molar-refractivity contribution is 5.91. The quantitative estimate of drug-likeness (QED) is 0.572. The predicted octanol–water partition coefficient (Wildman–Crippen LogP) is 4.12. The molecule has 1 N–H and O–H groups in total. The van der Waals surface area contributed by atoms with E-state index in [-0.39, 0.29) is 11.4 Å². The van der Waals surface area contributed by atoms with Crippen molar-refractivity contribution in [1.29, 1.82) is 0 Å². The lowest BCUT2D eigenvalue weighted by molar-refractivity contribution is -0.274. The van der Waals surface area contributed by atoms with Gasteiger partial charge in [0.15, 0.2) is 6.61 Å². The maximum absolute atomic E-state index is 12.3. The van der Waals surface area contributed by atoms with E-state index in [1.54, 1.807) is 0 Å². The van der Waals surface area contributed by atoms with E-state index in [1.807, 2.05) is 18.2 Å². The molecule has 0 fully saturated rings. The third-order valence-corrected chi connectivity index (χ3v) is 4.91. The number of fused-ring (bicyclic) bond motifs is 1. The molecule has 172 valence electrons. The van der Waals surface area contributed by atoms with Gasteiger partial charge in [-0.2, -0.15) is 0 Å². The highest BCUT2D eigenvalue weighted by Gasteiger charge is 2.31. The van der Waals surface area contributed by atoms with Gasteiger partial charge in [0.25, 0.3) is 5.91 Å². The Morgan fingerprint density at radius 1 is 1.12 bits per heavy atom. The maximum atomic E-state index is 12.3. The van der Waals surface area contributed by atoms with Crippen LogP contribution in [-0.2, 0) is 17.8 Å². The zero-order valence-corrected chi connectivity index (χ0v) is 17.2. The highest BCUT2D eigenvalue weighted by atomic mass is 19.4. The normalized spacial score (nSPS) is 12.9. The van der Waals surface area contributed by atoms with Crippen LogP contribution in [0.25, 0.3) is 0 Å². The van der Waals surface area contributed by atoms with Crippen LogP contribution in [0.15, 0.2) is 70.1 Å². The van der Waals surface area contributed by atoms with Crippen LogP contribution in [0.2, 0.25) is 0 Å². The number of carbonyl (C=O) groups is 1. The fourth-order valence-electron chi connectivity index (χ4n) is 3.47. The minimum absolute atomic E-state index is 0.121. The van der Waals surface area contributed by atoms with E-state index in [2.05, 4.69) is 21.0 Å². The fraction of sp³-hybridized carbons (Fsp3) is 0.217. The average Bonchev–Trinajstić information content (AvgIpc) is 3.16. The van der Waals surface area contributed by atoms with Gasteiger partial charge >= 0.3 is 6.36 Å². The van der Waals surface area contributed by atoms with Crippen molar-refractivity contribution in [2.24, 2.45) is 0 Å². The average molecular weight is 460 g/mol. The number of hydrogen-bond acceptors (Lipinski definition) is 6. The minimum atomic E-state index is -4.80. The summed E-state index contributed by atoms with van der Waals surface area (Å²) in [5.74, 6) is -0.664. The predicted molar refractivity (Wildman–Crippen MR) is 113 cm³/mol. The second-order valence-electron chi connectivity index (χ2n) is 7.28. The number of anilines is 2. The van der Waals surface area contributed by atoms with E-state index < -0.39 is 30.1 Å². The minimum Gasteiger partial charge on any atom is -0.477 e. The van der Waals surface area contributed by atoms with Crippen LogP contribution in [0.1, 0.15) is 11.3 Å². The van der Waals surface area contributed by atoms with Crippen LogP contribution in [0, 0.1) is 0 Å². The molecule has 0 radical (unpaired) electrons. The van der Waals surface area contributed by atoms with Gasteiger partial charge in [-0.05, 0) is 42.3 Å². The van der Waals surface area contributed by atoms with E-state index in [4.69, 9.17) is 9.15 Å². The Kier molecular flexibility index (Phi) is 6.25. The standard InChI is InChI=1S/C23H19F3N2O5/c24-23(25,26)33-17-7-5-16(6-8-17)27-22(30)14-32-21-13-31-18(11-20(21)29)12-28-10-9-15-3-1-2-4-19(15)28/h1-8,11,13H,9-10,12,14H2,(H,27,30). The van der Waals surface area contributed by atoms with Gasteiger partial charge in [0.2, 0.25) is 11.2 Å². The molecule has 0 bridgehead atoms. The molecular formula is C23H19F3N2O5. The van der Waals surface area contributed by atoms with Crippen LogP contribution in [0.5, 0.6) is 11.5 Å². The van der Waals surface area contributed by atoms with Crippen molar-refractivity contribution in [2.75, 3.05) is 23.4 Å². The maximum Gasteiger partial charge on any atom is 0.573 e. The van der Waals surface area contributed by atoms with Crippen LogP contribution in [-0.4, -0.2) is 25.4 Å². The summed E-state index contributed by atoms with van der Waals surface area (Å²) >= 11 is 0. The molecule has 33 heavy (non-hydrogen) atoms. The van der Waals surface area contributed by atoms with Gasteiger partial charge < -0.3 is 24.1 Å². The van der Waals surface area contributed by atoms with Gasteiger partial charge in [0.05, 0.1) is 6.54 Å². The Morgan fingerprint density at radius 2 is 1.88 bits per heavy atom. The number of halogens is 3. The summed E-state index contributed by atoms with van der Waals surface area (Å²) in [6.07, 6.45) is -2.71. The van der Waals surface area contributed by atoms with E-state index in [0.717, 1.165) is 37.0 Å². The molecule has 4 rings (SSSR count). The monoisotopic (exact) mass is 460 g/mol. The van der Waals surface area contributed by atoms with Crippen molar-refractivity contribution in [3.63, 3.8) is 0 Å². The first-order chi connectivity index (χ1) is 15.8. The molecule has 10 heteroatoms. The summed E-state index contributed by atoms with van der Waals surface area (Å²) in [4.78, 5) is 26.5. The molecule has 0 saturated carbocycles. The number of nitrogens with one attached hydrogen (secondary N) is 1. The zero-order chi connectivity index (χ0) is 23.4. The van der Waals surface area contributed by atoms with Crippen LogP contribution < -0.4 is 25.1 Å². The molecule has 1 amide bonds. The Labute approximate surface area is 186 Å². The first-order valence-electron chi connectivity index (χ1n) is 10.00. The second-order valence-corrected chi connectivity index (χ2v) is 7.28. The van der Waals surface area contributed by atoms with Crippen molar-refractivity contribution in [3.05, 3.63) is 82.4 Å². The Bertz CT molecular complexity index is 1190. The smallest absolute Gasteiger partial charge is 0.477 e. The molecule has 2 heterocycles. The van der Waals surface area contributed by atoms with E-state index >= 15 is 0 Å². The summed E-state index contributed by atoms with van der Waals surface area (Å²) in [6, 6.07) is 14.0. The van der Waals surface area contributed by atoms with Gasteiger partial charge in [-0.15, -0.1) is 13.2 Å². The third-order valence-electron chi connectivity index (χ3n) is 4.91. The molecular weight excluding hydrogens is 441 g/mol. The number of alkyl halides is 3. The molecule has 0 atom stereocenters. The third kappa shape index (κ3) is 5.85. The zero-order valence-electron chi connectivity index (χ0n) is 17.2. The second kappa shape index (κ2) is 9.27. The van der Waals surface area contributed by atoms with Crippen LogP contribution in [0.3, 0.4) is 0 Å². The highest BCUT2D eigenvalue weighted by Crippen LogP contribution is 2.29. The summed E-state index contributed by atoms with van der Waals surface area (Å²) in [6.45, 7) is 0.774. The molecule has 2 aromatic carbocycles. The van der Waals surface area contributed by atoms with Gasteiger partial charge in [0, 0.05) is 24.0 Å². The fourth-order valence-corrected chi connectivity index (χ4v) is 3.47. The summed E-state index contributed by atoms with van der Waals surface area (Å²) < 4.78 is 51.1. The molecule has 0 aliphatic carbocycles. The number of hydrogen-bond donors (Lipinski definition) is 1.